The summed E-state index contributed by atoms with van der Waals surface area (Å²) in [6, 6.07) is 12.0. The van der Waals surface area contributed by atoms with E-state index in [1.807, 2.05) is 0 Å². The highest BCUT2D eigenvalue weighted by molar-refractivity contribution is 5.87. The summed E-state index contributed by atoms with van der Waals surface area (Å²) in [6.07, 6.45) is -5.69. The minimum absolute atomic E-state index is 0.0449. The zero-order valence-electron chi connectivity index (χ0n) is 11.9. The van der Waals surface area contributed by atoms with Crippen LogP contribution < -0.4 is 5.32 Å². The van der Waals surface area contributed by atoms with Crippen molar-refractivity contribution in [1.29, 1.82) is 0 Å². The van der Waals surface area contributed by atoms with E-state index in [0.717, 1.165) is 12.1 Å². The van der Waals surface area contributed by atoms with Crippen molar-refractivity contribution in [2.45, 2.75) is 19.4 Å². The molecule has 23 heavy (non-hydrogen) atoms. The van der Waals surface area contributed by atoms with E-state index in [1.54, 1.807) is 30.3 Å². The van der Waals surface area contributed by atoms with Gasteiger partial charge >= 0.3 is 12.3 Å². The number of hydrogen-bond donors (Lipinski definition) is 2. The zero-order chi connectivity index (χ0) is 16.9. The lowest BCUT2D eigenvalue weighted by Crippen LogP contribution is -2.19. The van der Waals surface area contributed by atoms with E-state index in [4.69, 9.17) is 9.84 Å². The molecule has 2 rings (SSSR count). The SMILES string of the molecule is O=C(Nc1c(CO)cccc1C(F)(F)F)OCc1ccccc1. The zero-order valence-corrected chi connectivity index (χ0v) is 11.9. The third kappa shape index (κ3) is 4.46. The number of rotatable bonds is 4. The normalized spacial score (nSPS) is 11.1. The Morgan fingerprint density at radius 1 is 1.09 bits per heavy atom. The number of aliphatic hydroxyl groups excluding tert-OH is 1. The minimum Gasteiger partial charge on any atom is -0.444 e. The number of carbonyl (C=O) groups is 1. The number of anilines is 1. The number of alkyl halides is 3. The predicted octanol–water partition coefficient (Wildman–Crippen LogP) is 3.95. The fraction of sp³-hybridized carbons (Fsp3) is 0.188. The molecule has 4 nitrogen and oxygen atoms in total. The van der Waals surface area contributed by atoms with Crippen molar-refractivity contribution >= 4 is 11.8 Å². The van der Waals surface area contributed by atoms with Crippen LogP contribution in [0.3, 0.4) is 0 Å². The van der Waals surface area contributed by atoms with Crippen molar-refractivity contribution in [3.05, 3.63) is 65.2 Å². The van der Waals surface area contributed by atoms with Crippen LogP contribution in [0.2, 0.25) is 0 Å². The van der Waals surface area contributed by atoms with E-state index in [0.29, 0.717) is 5.56 Å². The van der Waals surface area contributed by atoms with Crippen molar-refractivity contribution < 1.29 is 27.8 Å². The van der Waals surface area contributed by atoms with Gasteiger partial charge in [0.05, 0.1) is 17.9 Å². The molecule has 0 aliphatic heterocycles. The van der Waals surface area contributed by atoms with Gasteiger partial charge in [-0.15, -0.1) is 0 Å². The van der Waals surface area contributed by atoms with E-state index in [2.05, 4.69) is 5.32 Å². The standard InChI is InChI=1S/C16H14F3NO3/c17-16(18,19)13-8-4-7-12(9-21)14(13)20-15(22)23-10-11-5-2-1-3-6-11/h1-8,21H,9-10H2,(H,20,22). The van der Waals surface area contributed by atoms with Crippen LogP contribution in [-0.4, -0.2) is 11.2 Å². The lowest BCUT2D eigenvalue weighted by atomic mass is 10.1. The number of benzene rings is 2. The van der Waals surface area contributed by atoms with Crippen LogP contribution in [0.15, 0.2) is 48.5 Å². The molecule has 7 heteroatoms. The van der Waals surface area contributed by atoms with Gasteiger partial charge in [0.25, 0.3) is 0 Å². The summed E-state index contributed by atoms with van der Waals surface area (Å²) >= 11 is 0. The molecule has 0 atom stereocenters. The average molecular weight is 325 g/mol. The smallest absolute Gasteiger partial charge is 0.418 e. The van der Waals surface area contributed by atoms with E-state index in [-0.39, 0.29) is 12.2 Å². The van der Waals surface area contributed by atoms with E-state index < -0.39 is 30.1 Å². The Morgan fingerprint density at radius 3 is 2.39 bits per heavy atom. The van der Waals surface area contributed by atoms with Gasteiger partial charge in [0.15, 0.2) is 0 Å². The summed E-state index contributed by atoms with van der Waals surface area (Å²) in [5.74, 6) is 0. The van der Waals surface area contributed by atoms with Crippen molar-refractivity contribution in [2.24, 2.45) is 0 Å². The molecule has 0 aliphatic carbocycles. The predicted molar refractivity (Wildman–Crippen MR) is 77.6 cm³/mol. The molecule has 0 saturated heterocycles. The highest BCUT2D eigenvalue weighted by Crippen LogP contribution is 2.36. The van der Waals surface area contributed by atoms with Crippen LogP contribution in [0.25, 0.3) is 0 Å². The molecular weight excluding hydrogens is 311 g/mol. The highest BCUT2D eigenvalue weighted by atomic mass is 19.4. The van der Waals surface area contributed by atoms with Crippen LogP contribution in [0, 0.1) is 0 Å². The Balaban J connectivity index is 2.14. The molecule has 0 unspecified atom stereocenters. The lowest BCUT2D eigenvalue weighted by Gasteiger charge is -2.16. The van der Waals surface area contributed by atoms with Gasteiger partial charge in [0.2, 0.25) is 0 Å². The molecule has 0 aromatic heterocycles. The molecule has 122 valence electrons. The molecule has 0 aliphatic rings. The Bertz CT molecular complexity index is 672. The van der Waals surface area contributed by atoms with Gasteiger partial charge < -0.3 is 9.84 Å². The number of halogens is 3. The molecule has 2 N–H and O–H groups in total. The van der Waals surface area contributed by atoms with Gasteiger partial charge in [-0.1, -0.05) is 42.5 Å². The Kier molecular flexibility index (Phi) is 5.23. The molecule has 2 aromatic rings. The largest absolute Gasteiger partial charge is 0.444 e. The molecule has 0 saturated carbocycles. The van der Waals surface area contributed by atoms with Crippen molar-refractivity contribution in [2.75, 3.05) is 5.32 Å². The molecular formula is C16H14F3NO3. The number of ether oxygens (including phenoxy) is 1. The van der Waals surface area contributed by atoms with E-state index in [1.165, 1.54) is 6.07 Å². The molecule has 0 heterocycles. The molecule has 0 fully saturated rings. The van der Waals surface area contributed by atoms with Crippen LogP contribution in [0.1, 0.15) is 16.7 Å². The second kappa shape index (κ2) is 7.15. The molecule has 0 radical (unpaired) electrons. The number of hydrogen-bond acceptors (Lipinski definition) is 3. The van der Waals surface area contributed by atoms with Gasteiger partial charge in [0.1, 0.15) is 6.61 Å². The second-order valence-electron chi connectivity index (χ2n) is 4.68. The monoisotopic (exact) mass is 325 g/mol. The third-order valence-corrected chi connectivity index (χ3v) is 3.07. The van der Waals surface area contributed by atoms with Crippen LogP contribution >= 0.6 is 0 Å². The number of para-hydroxylation sites is 1. The van der Waals surface area contributed by atoms with E-state index >= 15 is 0 Å². The first kappa shape index (κ1) is 16.8. The van der Waals surface area contributed by atoms with Gasteiger partial charge in [-0.05, 0) is 11.6 Å². The lowest BCUT2D eigenvalue weighted by molar-refractivity contribution is -0.137. The number of amides is 1. The average Bonchev–Trinajstić information content (AvgIpc) is 2.53. The minimum atomic E-state index is -4.66. The second-order valence-corrected chi connectivity index (χ2v) is 4.68. The Labute approximate surface area is 130 Å². The maximum absolute atomic E-state index is 13.0. The number of nitrogens with one attached hydrogen (secondary N) is 1. The highest BCUT2D eigenvalue weighted by Gasteiger charge is 2.35. The number of carbonyl (C=O) groups excluding carboxylic acids is 1. The molecule has 2 aromatic carbocycles. The summed E-state index contributed by atoms with van der Waals surface area (Å²) in [5, 5.41) is 11.2. The summed E-state index contributed by atoms with van der Waals surface area (Å²) in [4.78, 5) is 11.8. The van der Waals surface area contributed by atoms with Crippen molar-refractivity contribution in [1.82, 2.24) is 0 Å². The Hall–Kier alpha value is -2.54. The number of aliphatic hydroxyl groups is 1. The fourth-order valence-corrected chi connectivity index (χ4v) is 1.98. The van der Waals surface area contributed by atoms with Crippen LogP contribution in [0.5, 0.6) is 0 Å². The van der Waals surface area contributed by atoms with Gasteiger partial charge in [-0.3, -0.25) is 5.32 Å². The van der Waals surface area contributed by atoms with Crippen molar-refractivity contribution in [3.8, 4) is 0 Å². The summed E-state index contributed by atoms with van der Waals surface area (Å²) < 4.78 is 43.9. The van der Waals surface area contributed by atoms with Crippen molar-refractivity contribution in [3.63, 3.8) is 0 Å². The first-order valence-electron chi connectivity index (χ1n) is 6.69. The van der Waals surface area contributed by atoms with E-state index in [9.17, 15) is 18.0 Å². The topological polar surface area (TPSA) is 58.6 Å². The Morgan fingerprint density at radius 2 is 1.78 bits per heavy atom. The van der Waals surface area contributed by atoms with Gasteiger partial charge in [0, 0.05) is 5.56 Å². The molecule has 0 spiro atoms. The fourth-order valence-electron chi connectivity index (χ4n) is 1.98. The van der Waals surface area contributed by atoms with Crippen LogP contribution in [0.4, 0.5) is 23.7 Å². The first-order chi connectivity index (χ1) is 10.9. The maximum atomic E-state index is 13.0. The first-order valence-corrected chi connectivity index (χ1v) is 6.69. The van der Waals surface area contributed by atoms with Gasteiger partial charge in [-0.2, -0.15) is 13.2 Å². The summed E-state index contributed by atoms with van der Waals surface area (Å²) in [6.45, 7) is -0.715. The summed E-state index contributed by atoms with van der Waals surface area (Å²) in [7, 11) is 0. The van der Waals surface area contributed by atoms with Gasteiger partial charge in [-0.25, -0.2) is 4.79 Å². The molecule has 0 bridgehead atoms. The van der Waals surface area contributed by atoms with Crippen LogP contribution in [-0.2, 0) is 24.1 Å². The maximum Gasteiger partial charge on any atom is 0.418 e. The third-order valence-electron chi connectivity index (χ3n) is 3.07. The molecule has 1 amide bonds. The quantitative estimate of drug-likeness (QED) is 0.895. The summed E-state index contributed by atoms with van der Waals surface area (Å²) in [5.41, 5.74) is -0.883.